The SMILES string of the molecule is C#C[C@@H](NC(=O)c1ccc(F)cc1I)C(C)C. The van der Waals surface area contributed by atoms with E-state index in [4.69, 9.17) is 6.42 Å². The van der Waals surface area contributed by atoms with Gasteiger partial charge in [0, 0.05) is 3.57 Å². The predicted octanol–water partition coefficient (Wildman–Crippen LogP) is 2.82. The van der Waals surface area contributed by atoms with Crippen molar-refractivity contribution in [3.05, 3.63) is 33.1 Å². The van der Waals surface area contributed by atoms with Crippen LogP contribution in [0, 0.1) is 27.6 Å². The molecule has 0 fully saturated rings. The van der Waals surface area contributed by atoms with Crippen LogP contribution in [-0.2, 0) is 0 Å². The molecule has 0 heterocycles. The first kappa shape index (κ1) is 14.0. The first-order valence-corrected chi connectivity index (χ1v) is 6.25. The molecule has 0 spiro atoms. The summed E-state index contributed by atoms with van der Waals surface area (Å²) in [7, 11) is 0. The quantitative estimate of drug-likeness (QED) is 0.663. The van der Waals surface area contributed by atoms with Crippen molar-refractivity contribution >= 4 is 28.5 Å². The highest BCUT2D eigenvalue weighted by Gasteiger charge is 2.16. The van der Waals surface area contributed by atoms with Gasteiger partial charge < -0.3 is 5.32 Å². The van der Waals surface area contributed by atoms with Crippen LogP contribution in [0.3, 0.4) is 0 Å². The van der Waals surface area contributed by atoms with Gasteiger partial charge in [-0.2, -0.15) is 0 Å². The summed E-state index contributed by atoms with van der Waals surface area (Å²) in [5, 5.41) is 2.74. The van der Waals surface area contributed by atoms with Crippen LogP contribution in [0.2, 0.25) is 0 Å². The Morgan fingerprint density at radius 3 is 2.65 bits per heavy atom. The summed E-state index contributed by atoms with van der Waals surface area (Å²) in [5.41, 5.74) is 0.438. The number of amides is 1. The second-order valence-corrected chi connectivity index (χ2v) is 5.15. The van der Waals surface area contributed by atoms with Crippen molar-refractivity contribution in [2.45, 2.75) is 19.9 Å². The number of halogens is 2. The van der Waals surface area contributed by atoms with Gasteiger partial charge >= 0.3 is 0 Å². The van der Waals surface area contributed by atoms with Gasteiger partial charge in [0.15, 0.2) is 0 Å². The molecule has 2 nitrogen and oxygen atoms in total. The maximum Gasteiger partial charge on any atom is 0.253 e. The molecule has 0 radical (unpaired) electrons. The monoisotopic (exact) mass is 345 g/mol. The fraction of sp³-hybridized carbons (Fsp3) is 0.308. The van der Waals surface area contributed by atoms with Gasteiger partial charge in [-0.05, 0) is 46.7 Å². The Morgan fingerprint density at radius 1 is 1.53 bits per heavy atom. The minimum absolute atomic E-state index is 0.155. The molecule has 1 aromatic rings. The van der Waals surface area contributed by atoms with Crippen LogP contribution in [0.25, 0.3) is 0 Å². The zero-order valence-electron chi connectivity index (χ0n) is 9.63. The van der Waals surface area contributed by atoms with Gasteiger partial charge in [-0.1, -0.05) is 19.8 Å². The van der Waals surface area contributed by atoms with E-state index < -0.39 is 0 Å². The number of carbonyl (C=O) groups is 1. The molecule has 4 heteroatoms. The Hall–Kier alpha value is -1.09. The van der Waals surface area contributed by atoms with Gasteiger partial charge in [-0.15, -0.1) is 6.42 Å². The van der Waals surface area contributed by atoms with Crippen LogP contribution < -0.4 is 5.32 Å². The maximum atomic E-state index is 12.9. The second kappa shape index (κ2) is 6.01. The maximum absolute atomic E-state index is 12.9. The van der Waals surface area contributed by atoms with Crippen LogP contribution >= 0.6 is 22.6 Å². The number of terminal acetylenes is 1. The number of nitrogens with one attached hydrogen (secondary N) is 1. The molecule has 0 aliphatic carbocycles. The zero-order chi connectivity index (χ0) is 13.0. The molecule has 0 unspecified atom stereocenters. The smallest absolute Gasteiger partial charge is 0.253 e. The lowest BCUT2D eigenvalue weighted by Crippen LogP contribution is -2.37. The molecule has 1 amide bonds. The minimum Gasteiger partial charge on any atom is -0.338 e. The normalized spacial score (nSPS) is 12.0. The summed E-state index contributed by atoms with van der Waals surface area (Å²) in [4.78, 5) is 11.9. The van der Waals surface area contributed by atoms with E-state index >= 15 is 0 Å². The Bertz CT molecular complexity index is 465. The molecule has 0 bridgehead atoms. The van der Waals surface area contributed by atoms with Crippen LogP contribution in [0.4, 0.5) is 4.39 Å². The Labute approximate surface area is 114 Å². The number of carbonyl (C=O) groups excluding carboxylic acids is 1. The molecule has 17 heavy (non-hydrogen) atoms. The molecule has 0 saturated carbocycles. The highest BCUT2D eigenvalue weighted by Crippen LogP contribution is 2.14. The number of hydrogen-bond acceptors (Lipinski definition) is 1. The van der Waals surface area contributed by atoms with Gasteiger partial charge in [0.2, 0.25) is 0 Å². The second-order valence-electron chi connectivity index (χ2n) is 3.99. The van der Waals surface area contributed by atoms with Crippen LogP contribution in [0.5, 0.6) is 0 Å². The molecule has 90 valence electrons. The standard InChI is InChI=1S/C13H13FINO/c1-4-12(8(2)3)16-13(17)10-6-5-9(14)7-11(10)15/h1,5-8,12H,2-3H3,(H,16,17)/t12-/m1/s1. The van der Waals surface area contributed by atoms with Gasteiger partial charge in [-0.25, -0.2) is 4.39 Å². The summed E-state index contributed by atoms with van der Waals surface area (Å²) in [6.45, 7) is 3.86. The molecule has 0 aromatic heterocycles. The molecule has 1 N–H and O–H groups in total. The summed E-state index contributed by atoms with van der Waals surface area (Å²) in [6, 6.07) is 3.72. The highest BCUT2D eigenvalue weighted by atomic mass is 127. The van der Waals surface area contributed by atoms with E-state index in [1.165, 1.54) is 18.2 Å². The number of hydrogen-bond donors (Lipinski definition) is 1. The molecule has 0 aliphatic heterocycles. The number of rotatable bonds is 3. The third-order valence-corrected chi connectivity index (χ3v) is 3.20. The summed E-state index contributed by atoms with van der Waals surface area (Å²) >= 11 is 1.92. The average molecular weight is 345 g/mol. The Kier molecular flexibility index (Phi) is 4.94. The van der Waals surface area contributed by atoms with Crippen molar-refractivity contribution in [3.8, 4) is 12.3 Å². The zero-order valence-corrected chi connectivity index (χ0v) is 11.8. The topological polar surface area (TPSA) is 29.1 Å². The van der Waals surface area contributed by atoms with Gasteiger partial charge in [0.1, 0.15) is 5.82 Å². The molecule has 0 saturated heterocycles. The first-order chi connectivity index (χ1) is 7.95. The summed E-state index contributed by atoms with van der Waals surface area (Å²) < 4.78 is 13.5. The van der Waals surface area contributed by atoms with Crippen LogP contribution in [-0.4, -0.2) is 11.9 Å². The lowest BCUT2D eigenvalue weighted by atomic mass is 10.0. The van der Waals surface area contributed by atoms with Gasteiger partial charge in [-0.3, -0.25) is 4.79 Å². The molecule has 1 atom stereocenters. The number of benzene rings is 1. The Balaban J connectivity index is 2.87. The first-order valence-electron chi connectivity index (χ1n) is 5.17. The highest BCUT2D eigenvalue weighted by molar-refractivity contribution is 14.1. The van der Waals surface area contributed by atoms with E-state index in [1.54, 1.807) is 0 Å². The van der Waals surface area contributed by atoms with Crippen molar-refractivity contribution in [1.29, 1.82) is 0 Å². The molecular weight excluding hydrogens is 332 g/mol. The Morgan fingerprint density at radius 2 is 2.18 bits per heavy atom. The van der Waals surface area contributed by atoms with E-state index in [0.29, 0.717) is 9.13 Å². The van der Waals surface area contributed by atoms with E-state index in [0.717, 1.165) is 0 Å². The lowest BCUT2D eigenvalue weighted by Gasteiger charge is -2.17. The van der Waals surface area contributed by atoms with Crippen molar-refractivity contribution in [1.82, 2.24) is 5.32 Å². The van der Waals surface area contributed by atoms with Crippen molar-refractivity contribution in [3.63, 3.8) is 0 Å². The summed E-state index contributed by atoms with van der Waals surface area (Å²) in [5.74, 6) is 2.05. The van der Waals surface area contributed by atoms with Crippen molar-refractivity contribution in [2.24, 2.45) is 5.92 Å². The molecular formula is C13H13FINO. The van der Waals surface area contributed by atoms with E-state index in [2.05, 4.69) is 11.2 Å². The van der Waals surface area contributed by atoms with E-state index in [1.807, 2.05) is 36.4 Å². The van der Waals surface area contributed by atoms with Crippen molar-refractivity contribution < 1.29 is 9.18 Å². The fourth-order valence-electron chi connectivity index (χ4n) is 1.29. The molecule has 1 aromatic carbocycles. The largest absolute Gasteiger partial charge is 0.338 e. The lowest BCUT2D eigenvalue weighted by molar-refractivity contribution is 0.0937. The third kappa shape index (κ3) is 3.70. The van der Waals surface area contributed by atoms with E-state index in [9.17, 15) is 9.18 Å². The molecule has 0 aliphatic rings. The van der Waals surface area contributed by atoms with Crippen molar-refractivity contribution in [2.75, 3.05) is 0 Å². The van der Waals surface area contributed by atoms with Crippen LogP contribution in [0.1, 0.15) is 24.2 Å². The van der Waals surface area contributed by atoms with Crippen LogP contribution in [0.15, 0.2) is 18.2 Å². The fourth-order valence-corrected chi connectivity index (χ4v) is 2.02. The van der Waals surface area contributed by atoms with Gasteiger partial charge in [0.05, 0.1) is 11.6 Å². The predicted molar refractivity (Wildman–Crippen MR) is 74.0 cm³/mol. The van der Waals surface area contributed by atoms with Gasteiger partial charge in [0.25, 0.3) is 5.91 Å². The summed E-state index contributed by atoms with van der Waals surface area (Å²) in [6.07, 6.45) is 5.34. The average Bonchev–Trinajstić information content (AvgIpc) is 2.24. The molecule has 1 rings (SSSR count). The van der Waals surface area contributed by atoms with E-state index in [-0.39, 0.29) is 23.7 Å². The third-order valence-electron chi connectivity index (χ3n) is 2.31. The minimum atomic E-state index is -0.358.